The number of carbonyl (C=O) groups is 2. The maximum Gasteiger partial charge on any atom is 0.471 e. The van der Waals surface area contributed by atoms with E-state index in [2.05, 4.69) is 15.3 Å². The Morgan fingerprint density at radius 3 is 2.61 bits per heavy atom. The van der Waals surface area contributed by atoms with E-state index in [9.17, 15) is 22.8 Å². The molecule has 23 heavy (non-hydrogen) atoms. The Bertz CT molecular complexity index is 718. The van der Waals surface area contributed by atoms with Crippen LogP contribution < -0.4 is 10.6 Å². The van der Waals surface area contributed by atoms with E-state index in [1.807, 2.05) is 0 Å². The predicted molar refractivity (Wildman–Crippen MR) is 75.6 cm³/mol. The topological polar surface area (TPSA) is 84.0 Å². The lowest BCUT2D eigenvalue weighted by molar-refractivity contribution is -0.173. The second kappa shape index (κ2) is 7.03. The van der Waals surface area contributed by atoms with Gasteiger partial charge in [0.1, 0.15) is 0 Å². The fourth-order valence-corrected chi connectivity index (χ4v) is 1.78. The summed E-state index contributed by atoms with van der Waals surface area (Å²) in [6.07, 6.45) is -1.76. The Morgan fingerprint density at radius 2 is 1.87 bits per heavy atom. The minimum Gasteiger partial charge on any atom is -0.352 e. The fourth-order valence-electron chi connectivity index (χ4n) is 1.78. The second-order valence-electron chi connectivity index (χ2n) is 4.64. The molecule has 0 fully saturated rings. The lowest BCUT2D eigenvalue weighted by Crippen LogP contribution is -2.38. The number of pyridine rings is 2. The third kappa shape index (κ3) is 4.63. The molecule has 0 aromatic carbocycles. The Hall–Kier alpha value is -2.71. The van der Waals surface area contributed by atoms with Crippen molar-refractivity contribution in [1.29, 1.82) is 0 Å². The van der Waals surface area contributed by atoms with E-state index in [1.165, 1.54) is 6.20 Å². The third-order valence-electron chi connectivity index (χ3n) is 2.90. The van der Waals surface area contributed by atoms with Crippen LogP contribution in [0.15, 0.2) is 30.6 Å². The van der Waals surface area contributed by atoms with Crippen LogP contribution in [-0.2, 0) is 4.79 Å². The fraction of sp³-hybridized carbons (Fsp3) is 0.286. The van der Waals surface area contributed by atoms with E-state index < -0.39 is 18.0 Å². The Kier molecular flexibility index (Phi) is 5.09. The maximum atomic E-state index is 11.9. The van der Waals surface area contributed by atoms with Crippen LogP contribution in [0.5, 0.6) is 0 Å². The number of nitrogens with one attached hydrogen (secondary N) is 2. The first kappa shape index (κ1) is 16.7. The zero-order valence-electron chi connectivity index (χ0n) is 11.9. The van der Waals surface area contributed by atoms with Crippen molar-refractivity contribution in [2.45, 2.75) is 12.6 Å². The number of nitrogens with zero attached hydrogens (tertiary/aromatic N) is 2. The van der Waals surface area contributed by atoms with Crippen LogP contribution in [0.2, 0.25) is 0 Å². The molecule has 0 saturated carbocycles. The molecule has 2 amide bonds. The molecule has 2 N–H and O–H groups in total. The van der Waals surface area contributed by atoms with Crippen molar-refractivity contribution in [1.82, 2.24) is 20.6 Å². The summed E-state index contributed by atoms with van der Waals surface area (Å²) in [6.45, 7) is -0.0550. The standard InChI is InChI=1S/C14H13F3N4O2/c15-14(16,17)13(23)20-6-2-5-19-12(22)10-7-9-3-1-4-18-11(9)21-8-10/h1,3-4,7-8H,2,5-6H2,(H,19,22)(H,20,23). The number of fused-ring (bicyclic) bond motifs is 1. The summed E-state index contributed by atoms with van der Waals surface area (Å²) in [4.78, 5) is 30.5. The van der Waals surface area contributed by atoms with Crippen molar-refractivity contribution >= 4 is 22.8 Å². The first-order valence-corrected chi connectivity index (χ1v) is 6.72. The number of aromatic nitrogens is 2. The molecule has 2 rings (SSSR count). The molecule has 122 valence electrons. The molecule has 0 radical (unpaired) electrons. The molecule has 0 aliphatic heterocycles. The van der Waals surface area contributed by atoms with E-state index in [0.29, 0.717) is 16.6 Å². The van der Waals surface area contributed by atoms with Crippen LogP contribution in [-0.4, -0.2) is 41.0 Å². The van der Waals surface area contributed by atoms with Gasteiger partial charge in [-0.2, -0.15) is 13.2 Å². The highest BCUT2D eigenvalue weighted by Crippen LogP contribution is 2.13. The van der Waals surface area contributed by atoms with Gasteiger partial charge in [-0.25, -0.2) is 9.97 Å². The maximum absolute atomic E-state index is 11.9. The van der Waals surface area contributed by atoms with Gasteiger partial charge in [-0.05, 0) is 24.6 Å². The lowest BCUT2D eigenvalue weighted by atomic mass is 10.2. The summed E-state index contributed by atoms with van der Waals surface area (Å²) < 4.78 is 35.8. The van der Waals surface area contributed by atoms with Gasteiger partial charge >= 0.3 is 12.1 Å². The van der Waals surface area contributed by atoms with E-state index >= 15 is 0 Å². The molecule has 0 aliphatic rings. The van der Waals surface area contributed by atoms with Crippen LogP contribution in [0.4, 0.5) is 13.2 Å². The van der Waals surface area contributed by atoms with Gasteiger partial charge in [0.2, 0.25) is 0 Å². The third-order valence-corrected chi connectivity index (χ3v) is 2.90. The molecule has 2 heterocycles. The molecule has 9 heteroatoms. The highest BCUT2D eigenvalue weighted by molar-refractivity contribution is 5.96. The average molecular weight is 326 g/mol. The SMILES string of the molecule is O=C(NCCCNC(=O)C(F)(F)F)c1cnc2ncccc2c1. The van der Waals surface area contributed by atoms with Crippen LogP contribution >= 0.6 is 0 Å². The number of hydrogen-bond acceptors (Lipinski definition) is 4. The minimum absolute atomic E-state index is 0.127. The zero-order chi connectivity index (χ0) is 16.9. The molecule has 0 unspecified atom stereocenters. The second-order valence-corrected chi connectivity index (χ2v) is 4.64. The molecule has 0 spiro atoms. The van der Waals surface area contributed by atoms with Crippen LogP contribution in [0.1, 0.15) is 16.8 Å². The van der Waals surface area contributed by atoms with Crippen LogP contribution in [0, 0.1) is 0 Å². The summed E-state index contributed by atoms with van der Waals surface area (Å²) in [5.74, 6) is -2.39. The lowest BCUT2D eigenvalue weighted by Gasteiger charge is -2.08. The highest BCUT2D eigenvalue weighted by atomic mass is 19.4. The highest BCUT2D eigenvalue weighted by Gasteiger charge is 2.38. The minimum atomic E-state index is -4.89. The molecule has 2 aromatic heterocycles. The largest absolute Gasteiger partial charge is 0.471 e. The summed E-state index contributed by atoms with van der Waals surface area (Å²) in [5.41, 5.74) is 0.837. The van der Waals surface area contributed by atoms with Crippen molar-refractivity contribution in [3.63, 3.8) is 0 Å². The number of rotatable bonds is 5. The quantitative estimate of drug-likeness (QED) is 0.814. The van der Waals surface area contributed by atoms with Gasteiger partial charge < -0.3 is 10.6 Å². The average Bonchev–Trinajstić information content (AvgIpc) is 2.52. The molecule has 0 aliphatic carbocycles. The first-order valence-electron chi connectivity index (χ1n) is 6.72. The normalized spacial score (nSPS) is 11.3. The zero-order valence-corrected chi connectivity index (χ0v) is 11.9. The number of hydrogen-bond donors (Lipinski definition) is 2. The Balaban J connectivity index is 1.79. The molecular formula is C14H13F3N4O2. The van der Waals surface area contributed by atoms with Gasteiger partial charge in [-0.1, -0.05) is 0 Å². The van der Waals surface area contributed by atoms with Gasteiger partial charge in [0.15, 0.2) is 5.65 Å². The van der Waals surface area contributed by atoms with Crippen molar-refractivity contribution in [3.8, 4) is 0 Å². The van der Waals surface area contributed by atoms with Gasteiger partial charge in [0.25, 0.3) is 5.91 Å². The number of alkyl halides is 3. The Labute approximate surface area is 129 Å². The molecule has 0 atom stereocenters. The van der Waals surface area contributed by atoms with Crippen molar-refractivity contribution < 1.29 is 22.8 Å². The summed E-state index contributed by atoms with van der Waals surface area (Å²) in [6, 6.07) is 5.10. The summed E-state index contributed by atoms with van der Waals surface area (Å²) >= 11 is 0. The van der Waals surface area contributed by atoms with Gasteiger partial charge in [-0.3, -0.25) is 9.59 Å². The number of halogens is 3. The molecule has 2 aromatic rings. The molecule has 0 saturated heterocycles. The Morgan fingerprint density at radius 1 is 1.13 bits per heavy atom. The van der Waals surface area contributed by atoms with Crippen molar-refractivity contribution in [3.05, 3.63) is 36.2 Å². The van der Waals surface area contributed by atoms with Gasteiger partial charge in [-0.15, -0.1) is 0 Å². The summed E-state index contributed by atoms with van der Waals surface area (Å²) in [7, 11) is 0. The van der Waals surface area contributed by atoms with E-state index in [-0.39, 0.29) is 19.5 Å². The number of carbonyl (C=O) groups excluding carboxylic acids is 2. The summed E-state index contributed by atoms with van der Waals surface area (Å²) in [5, 5.41) is 4.97. The van der Waals surface area contributed by atoms with Crippen molar-refractivity contribution in [2.24, 2.45) is 0 Å². The molecule has 6 nitrogen and oxygen atoms in total. The van der Waals surface area contributed by atoms with Crippen LogP contribution in [0.25, 0.3) is 11.0 Å². The first-order chi connectivity index (χ1) is 10.9. The predicted octanol–water partition coefficient (Wildman–Crippen LogP) is 1.43. The van der Waals surface area contributed by atoms with E-state index in [4.69, 9.17) is 0 Å². The van der Waals surface area contributed by atoms with Crippen LogP contribution in [0.3, 0.4) is 0 Å². The van der Waals surface area contributed by atoms with Gasteiger partial charge in [0, 0.05) is 30.9 Å². The van der Waals surface area contributed by atoms with Crippen molar-refractivity contribution in [2.75, 3.05) is 13.1 Å². The number of amides is 2. The molecular weight excluding hydrogens is 313 g/mol. The molecule has 0 bridgehead atoms. The van der Waals surface area contributed by atoms with E-state index in [0.717, 1.165) is 0 Å². The van der Waals surface area contributed by atoms with Gasteiger partial charge in [0.05, 0.1) is 5.56 Å². The monoisotopic (exact) mass is 326 g/mol. The van der Waals surface area contributed by atoms with E-state index in [1.54, 1.807) is 29.7 Å². The smallest absolute Gasteiger partial charge is 0.352 e.